The van der Waals surface area contributed by atoms with Crippen molar-refractivity contribution in [1.82, 2.24) is 9.88 Å². The van der Waals surface area contributed by atoms with Gasteiger partial charge >= 0.3 is 0 Å². The number of aryl methyl sites for hydroxylation is 2. The Kier molecular flexibility index (Phi) is 4.25. The molecule has 31 heavy (non-hydrogen) atoms. The Morgan fingerprint density at radius 3 is 2.48 bits per heavy atom. The van der Waals surface area contributed by atoms with Gasteiger partial charge in [0.15, 0.2) is 0 Å². The molecule has 1 N–H and O–H groups in total. The van der Waals surface area contributed by atoms with E-state index in [1.165, 1.54) is 0 Å². The lowest BCUT2D eigenvalue weighted by Crippen LogP contribution is -2.17. The largest absolute Gasteiger partial charge is 0.496 e. The molecule has 0 saturated carbocycles. The van der Waals surface area contributed by atoms with E-state index in [0.717, 1.165) is 56.6 Å². The second kappa shape index (κ2) is 6.87. The molecule has 0 radical (unpaired) electrons. The minimum atomic E-state index is 0.00549. The van der Waals surface area contributed by atoms with Crippen molar-refractivity contribution >= 4 is 40.6 Å². The van der Waals surface area contributed by atoms with Gasteiger partial charge in [-0.05, 0) is 67.4 Å². The average Bonchev–Trinajstić information content (AvgIpc) is 2.90. The summed E-state index contributed by atoms with van der Waals surface area (Å²) in [6, 6.07) is 12.0. The first-order chi connectivity index (χ1) is 14.9. The number of fused-ring (bicyclic) bond motifs is 1. The SMILES string of the molecule is COc1c(C)cc(Nc2ccc3c4c2N(C)c2ncccc2C=C4N(C)C3=O)cc1C. The number of hydrogen-bond acceptors (Lipinski definition) is 5. The number of methoxy groups -OCH3 is 1. The molecule has 0 bridgehead atoms. The van der Waals surface area contributed by atoms with Crippen LogP contribution in [-0.2, 0) is 0 Å². The number of nitrogens with zero attached hydrogens (tertiary/aromatic N) is 3. The minimum absolute atomic E-state index is 0.00549. The molecule has 2 aliphatic heterocycles. The van der Waals surface area contributed by atoms with Crippen molar-refractivity contribution in [2.24, 2.45) is 0 Å². The quantitative estimate of drug-likeness (QED) is 0.647. The highest BCUT2D eigenvalue weighted by molar-refractivity contribution is 6.17. The third-order valence-electron chi connectivity index (χ3n) is 6.04. The maximum Gasteiger partial charge on any atom is 0.258 e. The lowest BCUT2D eigenvalue weighted by molar-refractivity contribution is 0.0875. The van der Waals surface area contributed by atoms with Crippen LogP contribution < -0.4 is 15.0 Å². The van der Waals surface area contributed by atoms with Crippen LogP contribution in [0, 0.1) is 13.8 Å². The second-order valence-electron chi connectivity index (χ2n) is 8.02. The van der Waals surface area contributed by atoms with Gasteiger partial charge in [0.05, 0.1) is 29.7 Å². The molecule has 0 spiro atoms. The maximum atomic E-state index is 12.9. The third kappa shape index (κ3) is 2.79. The summed E-state index contributed by atoms with van der Waals surface area (Å²) in [5, 5.41) is 3.58. The van der Waals surface area contributed by atoms with Crippen molar-refractivity contribution in [3.63, 3.8) is 0 Å². The molecular weight excluding hydrogens is 388 g/mol. The number of carbonyl (C=O) groups excluding carboxylic acids is 1. The van der Waals surface area contributed by atoms with Crippen molar-refractivity contribution in [1.29, 1.82) is 0 Å². The second-order valence-corrected chi connectivity index (χ2v) is 8.02. The van der Waals surface area contributed by atoms with E-state index in [-0.39, 0.29) is 5.91 Å². The van der Waals surface area contributed by atoms with E-state index in [9.17, 15) is 4.79 Å². The van der Waals surface area contributed by atoms with Crippen molar-refractivity contribution < 1.29 is 9.53 Å². The molecule has 2 aromatic carbocycles. The maximum absolute atomic E-state index is 12.9. The summed E-state index contributed by atoms with van der Waals surface area (Å²) in [7, 11) is 5.51. The topological polar surface area (TPSA) is 57.7 Å². The fourth-order valence-corrected chi connectivity index (χ4v) is 4.66. The molecule has 1 aromatic heterocycles. The van der Waals surface area contributed by atoms with Gasteiger partial charge in [0.1, 0.15) is 11.6 Å². The van der Waals surface area contributed by atoms with Crippen molar-refractivity contribution in [3.05, 3.63) is 70.4 Å². The molecular formula is C25H24N4O2. The summed E-state index contributed by atoms with van der Waals surface area (Å²) in [4.78, 5) is 21.3. The predicted molar refractivity (Wildman–Crippen MR) is 124 cm³/mol. The molecule has 0 saturated heterocycles. The number of rotatable bonds is 3. The first-order valence-corrected chi connectivity index (χ1v) is 10.2. The number of aromatic nitrogens is 1. The molecule has 156 valence electrons. The van der Waals surface area contributed by atoms with E-state index in [0.29, 0.717) is 5.56 Å². The van der Waals surface area contributed by atoms with Crippen LogP contribution in [0.2, 0.25) is 0 Å². The van der Waals surface area contributed by atoms with Crippen LogP contribution in [0.5, 0.6) is 5.75 Å². The molecule has 0 unspecified atom stereocenters. The summed E-state index contributed by atoms with van der Waals surface area (Å²) in [6.45, 7) is 4.07. The summed E-state index contributed by atoms with van der Waals surface area (Å²) in [5.74, 6) is 1.75. The van der Waals surface area contributed by atoms with Crippen LogP contribution >= 0.6 is 0 Å². The summed E-state index contributed by atoms with van der Waals surface area (Å²) in [6.07, 6.45) is 3.84. The molecule has 2 aliphatic rings. The standard InChI is InChI=1S/C25H24N4O2/c1-14-11-17(12-15(2)23(14)31-5)27-19-9-8-18-21-20(28(3)25(18)30)13-16-7-6-10-26-24(16)29(4)22(19)21/h6-13,27H,1-5H3. The zero-order chi connectivity index (χ0) is 21.9. The van der Waals surface area contributed by atoms with Gasteiger partial charge in [0, 0.05) is 37.1 Å². The van der Waals surface area contributed by atoms with Crippen LogP contribution in [0.25, 0.3) is 11.8 Å². The van der Waals surface area contributed by atoms with Crippen LogP contribution in [-0.4, -0.2) is 37.0 Å². The first-order valence-electron chi connectivity index (χ1n) is 10.2. The van der Waals surface area contributed by atoms with Gasteiger partial charge in [0.2, 0.25) is 0 Å². The summed E-state index contributed by atoms with van der Waals surface area (Å²) < 4.78 is 5.51. The number of anilines is 4. The van der Waals surface area contributed by atoms with Gasteiger partial charge in [-0.15, -0.1) is 0 Å². The number of carbonyl (C=O) groups is 1. The van der Waals surface area contributed by atoms with E-state index >= 15 is 0 Å². The molecule has 5 rings (SSSR count). The smallest absolute Gasteiger partial charge is 0.258 e. The molecule has 0 fully saturated rings. The fraction of sp³-hybridized carbons (Fsp3) is 0.200. The minimum Gasteiger partial charge on any atom is -0.496 e. The molecule has 6 nitrogen and oxygen atoms in total. The van der Waals surface area contributed by atoms with Crippen LogP contribution in [0.15, 0.2) is 42.6 Å². The summed E-state index contributed by atoms with van der Waals surface area (Å²) in [5.41, 5.74) is 8.44. The Labute approximate surface area is 181 Å². The van der Waals surface area contributed by atoms with Gasteiger partial charge in [0.25, 0.3) is 5.91 Å². The van der Waals surface area contributed by atoms with Crippen molar-refractivity contribution in [2.75, 3.05) is 31.4 Å². The van der Waals surface area contributed by atoms with Crippen LogP contribution in [0.4, 0.5) is 22.9 Å². The molecule has 0 aliphatic carbocycles. The van der Waals surface area contributed by atoms with Crippen LogP contribution in [0.1, 0.15) is 32.6 Å². The zero-order valence-corrected chi connectivity index (χ0v) is 18.3. The van der Waals surface area contributed by atoms with Gasteiger partial charge in [-0.25, -0.2) is 4.98 Å². The molecule has 3 heterocycles. The van der Waals surface area contributed by atoms with E-state index in [1.807, 2.05) is 58.3 Å². The Balaban J connectivity index is 1.71. The van der Waals surface area contributed by atoms with Gasteiger partial charge in [-0.2, -0.15) is 0 Å². The molecule has 6 heteroatoms. The number of hydrogen-bond donors (Lipinski definition) is 1. The number of nitrogens with one attached hydrogen (secondary N) is 1. The normalized spacial score (nSPS) is 14.1. The van der Waals surface area contributed by atoms with E-state index < -0.39 is 0 Å². The number of benzene rings is 2. The predicted octanol–water partition coefficient (Wildman–Crippen LogP) is 5.12. The highest BCUT2D eigenvalue weighted by Crippen LogP contribution is 2.48. The lowest BCUT2D eigenvalue weighted by atomic mass is 10.0. The molecule has 1 amide bonds. The van der Waals surface area contributed by atoms with E-state index in [4.69, 9.17) is 4.74 Å². The van der Waals surface area contributed by atoms with Gasteiger partial charge in [-0.3, -0.25) is 4.79 Å². The van der Waals surface area contributed by atoms with Gasteiger partial charge in [-0.1, -0.05) is 0 Å². The molecule has 3 aromatic rings. The van der Waals surface area contributed by atoms with Gasteiger partial charge < -0.3 is 19.9 Å². The third-order valence-corrected chi connectivity index (χ3v) is 6.04. The highest BCUT2D eigenvalue weighted by atomic mass is 16.5. The summed E-state index contributed by atoms with van der Waals surface area (Å²) >= 11 is 0. The first kappa shape index (κ1) is 19.2. The zero-order valence-electron chi connectivity index (χ0n) is 18.3. The Morgan fingerprint density at radius 2 is 1.77 bits per heavy atom. The van der Waals surface area contributed by atoms with E-state index in [2.05, 4.69) is 27.3 Å². The Morgan fingerprint density at radius 1 is 1.03 bits per heavy atom. The number of pyridine rings is 1. The van der Waals surface area contributed by atoms with Crippen molar-refractivity contribution in [3.8, 4) is 5.75 Å². The Bertz CT molecular complexity index is 1260. The van der Waals surface area contributed by atoms with Crippen molar-refractivity contribution in [2.45, 2.75) is 13.8 Å². The van der Waals surface area contributed by atoms with Crippen LogP contribution in [0.3, 0.4) is 0 Å². The lowest BCUT2D eigenvalue weighted by Gasteiger charge is -2.25. The monoisotopic (exact) mass is 412 g/mol. The number of ether oxygens (including phenoxy) is 1. The highest BCUT2D eigenvalue weighted by Gasteiger charge is 2.36. The molecule has 0 atom stereocenters. The number of amides is 1. The average molecular weight is 412 g/mol. The fourth-order valence-electron chi connectivity index (χ4n) is 4.66. The van der Waals surface area contributed by atoms with E-state index in [1.54, 1.807) is 18.2 Å². The Hall–Kier alpha value is -3.80.